The number of nitrogens with zero attached hydrogens (tertiary/aromatic N) is 3. The van der Waals surface area contributed by atoms with Gasteiger partial charge in [0.15, 0.2) is 0 Å². The smallest absolute Gasteiger partial charge is 0.257 e. The molecule has 6 rings (SSSR count). The van der Waals surface area contributed by atoms with Crippen LogP contribution in [0.4, 0.5) is 5.95 Å². The van der Waals surface area contributed by atoms with Gasteiger partial charge in [-0.15, -0.1) is 0 Å². The van der Waals surface area contributed by atoms with Gasteiger partial charge in [0.1, 0.15) is 0 Å². The molecule has 1 atom stereocenters. The largest absolute Gasteiger partial charge is 0.380 e. The molecule has 3 aromatic rings. The number of carbonyl (C=O) groups is 3. The molecule has 186 valence electrons. The molecule has 36 heavy (non-hydrogen) atoms. The summed E-state index contributed by atoms with van der Waals surface area (Å²) < 4.78 is 7.36. The highest BCUT2D eigenvalue weighted by atomic mass is 16.5. The zero-order chi connectivity index (χ0) is 24.9. The van der Waals surface area contributed by atoms with Gasteiger partial charge < -0.3 is 19.5 Å². The quantitative estimate of drug-likeness (QED) is 0.548. The van der Waals surface area contributed by atoms with Crippen LogP contribution in [-0.2, 0) is 4.74 Å². The van der Waals surface area contributed by atoms with Gasteiger partial charge in [-0.05, 0) is 56.5 Å². The lowest BCUT2D eigenvalue weighted by Crippen LogP contribution is -2.67. The fourth-order valence-corrected chi connectivity index (χ4v) is 5.46. The summed E-state index contributed by atoms with van der Waals surface area (Å²) in [5, 5.41) is 5.89. The SMILES string of the molecule is C[C@H]1CCCCNC(=O)c2cccc(c2)C(=O)Nc2nc3cccc(C(=O)N4CC5(COC5)C4)c3n21. The summed E-state index contributed by atoms with van der Waals surface area (Å²) in [6.45, 7) is 5.48. The van der Waals surface area contributed by atoms with Crippen molar-refractivity contribution in [2.45, 2.75) is 32.2 Å². The molecule has 1 spiro atoms. The van der Waals surface area contributed by atoms with Gasteiger partial charge >= 0.3 is 0 Å². The van der Waals surface area contributed by atoms with E-state index in [2.05, 4.69) is 17.6 Å². The van der Waals surface area contributed by atoms with E-state index in [1.165, 1.54) is 0 Å². The molecule has 0 aliphatic carbocycles. The van der Waals surface area contributed by atoms with Gasteiger partial charge in [-0.25, -0.2) is 4.98 Å². The summed E-state index contributed by atoms with van der Waals surface area (Å²) >= 11 is 0. The van der Waals surface area contributed by atoms with Crippen molar-refractivity contribution in [3.05, 3.63) is 59.2 Å². The second-order valence-electron chi connectivity index (χ2n) is 10.3. The molecule has 1 aromatic heterocycles. The Bertz CT molecular complexity index is 1370. The summed E-state index contributed by atoms with van der Waals surface area (Å²) in [5.74, 6) is -0.157. The number of hydrogen-bond donors (Lipinski definition) is 2. The predicted octanol–water partition coefficient (Wildman–Crippen LogP) is 3.24. The first kappa shape index (κ1) is 22.7. The summed E-state index contributed by atoms with van der Waals surface area (Å²) in [6.07, 6.45) is 2.51. The average Bonchev–Trinajstić information content (AvgIpc) is 3.19. The van der Waals surface area contributed by atoms with Crippen molar-refractivity contribution in [2.75, 3.05) is 38.2 Å². The Morgan fingerprint density at radius 2 is 1.81 bits per heavy atom. The lowest BCUT2D eigenvalue weighted by molar-refractivity contribution is -0.176. The van der Waals surface area contributed by atoms with E-state index < -0.39 is 0 Å². The number of carbonyl (C=O) groups excluding carboxylic acids is 3. The van der Waals surface area contributed by atoms with Crippen LogP contribution in [-0.4, -0.2) is 65.0 Å². The number of para-hydroxylation sites is 1. The van der Waals surface area contributed by atoms with Gasteiger partial charge in [0.2, 0.25) is 5.95 Å². The minimum Gasteiger partial charge on any atom is -0.380 e. The highest BCUT2D eigenvalue weighted by Crippen LogP contribution is 2.39. The lowest BCUT2D eigenvalue weighted by Gasteiger charge is -2.54. The number of anilines is 1. The molecule has 3 aliphatic heterocycles. The van der Waals surface area contributed by atoms with E-state index >= 15 is 0 Å². The van der Waals surface area contributed by atoms with Gasteiger partial charge in [-0.3, -0.25) is 19.7 Å². The van der Waals surface area contributed by atoms with Gasteiger partial charge in [-0.2, -0.15) is 0 Å². The van der Waals surface area contributed by atoms with Crippen LogP contribution in [0.3, 0.4) is 0 Å². The van der Waals surface area contributed by atoms with Crippen LogP contribution in [0.25, 0.3) is 11.0 Å². The van der Waals surface area contributed by atoms with E-state index in [0.29, 0.717) is 61.0 Å². The van der Waals surface area contributed by atoms with Crippen molar-refractivity contribution >= 4 is 34.7 Å². The van der Waals surface area contributed by atoms with Crippen LogP contribution in [0.15, 0.2) is 42.5 Å². The van der Waals surface area contributed by atoms with E-state index in [9.17, 15) is 14.4 Å². The Kier molecular flexibility index (Phi) is 5.52. The van der Waals surface area contributed by atoms with Crippen molar-refractivity contribution in [3.8, 4) is 0 Å². The molecule has 3 amide bonds. The molecule has 2 saturated heterocycles. The van der Waals surface area contributed by atoms with Crippen molar-refractivity contribution in [2.24, 2.45) is 5.41 Å². The number of nitrogens with one attached hydrogen (secondary N) is 2. The minimum atomic E-state index is -0.354. The van der Waals surface area contributed by atoms with Gasteiger partial charge in [0.25, 0.3) is 17.7 Å². The minimum absolute atomic E-state index is 0.0193. The molecule has 2 aromatic carbocycles. The molecule has 9 heteroatoms. The first-order valence-electron chi connectivity index (χ1n) is 12.5. The average molecular weight is 488 g/mol. The van der Waals surface area contributed by atoms with Crippen LogP contribution in [0.2, 0.25) is 0 Å². The fraction of sp³-hybridized carbons (Fsp3) is 0.407. The molecule has 0 unspecified atom stereocenters. The van der Waals surface area contributed by atoms with Crippen LogP contribution in [0.5, 0.6) is 0 Å². The Labute approximate surface area is 208 Å². The zero-order valence-electron chi connectivity index (χ0n) is 20.3. The third-order valence-electron chi connectivity index (χ3n) is 7.48. The maximum Gasteiger partial charge on any atom is 0.257 e. The maximum absolute atomic E-state index is 13.5. The van der Waals surface area contributed by atoms with E-state index in [0.717, 1.165) is 24.8 Å². The number of ether oxygens (including phenoxy) is 1. The first-order chi connectivity index (χ1) is 17.4. The van der Waals surface area contributed by atoms with E-state index in [-0.39, 0.29) is 29.2 Å². The third kappa shape index (κ3) is 3.83. The second kappa shape index (κ2) is 8.74. The molecule has 9 nitrogen and oxygen atoms in total. The number of benzene rings is 2. The highest BCUT2D eigenvalue weighted by molar-refractivity contribution is 6.08. The fourth-order valence-electron chi connectivity index (χ4n) is 5.46. The molecular weight excluding hydrogens is 458 g/mol. The first-order valence-corrected chi connectivity index (χ1v) is 12.5. The van der Waals surface area contributed by atoms with Crippen molar-refractivity contribution < 1.29 is 19.1 Å². The number of aromatic nitrogens is 2. The number of rotatable bonds is 1. The lowest BCUT2D eigenvalue weighted by atomic mass is 9.77. The zero-order valence-corrected chi connectivity index (χ0v) is 20.3. The monoisotopic (exact) mass is 487 g/mol. The number of imidazole rings is 1. The summed E-state index contributed by atoms with van der Waals surface area (Å²) in [6, 6.07) is 12.2. The standard InChI is InChI=1S/C27H29N5O4/c1-17-6-2-3-11-28-23(33)18-7-4-8-19(12-18)24(34)30-26-29-21-10-5-9-20(22(21)32(17)26)25(35)31-13-27(14-31)15-36-16-27/h4-5,7-10,12,17H,2-3,6,11,13-16H2,1H3,(H,28,33)(H,29,30,34)/t17-/m0/s1. The number of likely N-dealkylation sites (tertiary alicyclic amines) is 1. The molecule has 2 N–H and O–H groups in total. The number of hydrogen-bond acceptors (Lipinski definition) is 5. The van der Waals surface area contributed by atoms with Crippen molar-refractivity contribution in [1.82, 2.24) is 19.8 Å². The van der Waals surface area contributed by atoms with Crippen molar-refractivity contribution in [3.63, 3.8) is 0 Å². The third-order valence-corrected chi connectivity index (χ3v) is 7.48. The highest BCUT2D eigenvalue weighted by Gasteiger charge is 2.51. The van der Waals surface area contributed by atoms with E-state index in [1.54, 1.807) is 24.3 Å². The van der Waals surface area contributed by atoms with E-state index in [4.69, 9.17) is 9.72 Å². The molecule has 0 saturated carbocycles. The molecule has 2 bridgehead atoms. The van der Waals surface area contributed by atoms with Crippen LogP contribution in [0, 0.1) is 5.41 Å². The molecule has 4 heterocycles. The Morgan fingerprint density at radius 3 is 2.56 bits per heavy atom. The number of fused-ring (bicyclic) bond motifs is 5. The summed E-state index contributed by atoms with van der Waals surface area (Å²) in [5.41, 5.74) is 2.95. The molecule has 2 fully saturated rings. The summed E-state index contributed by atoms with van der Waals surface area (Å²) in [7, 11) is 0. The second-order valence-corrected chi connectivity index (χ2v) is 10.3. The predicted molar refractivity (Wildman–Crippen MR) is 134 cm³/mol. The Hall–Kier alpha value is -3.72. The van der Waals surface area contributed by atoms with Crippen LogP contribution in [0.1, 0.15) is 63.3 Å². The molecule has 3 aliphatic rings. The van der Waals surface area contributed by atoms with Gasteiger partial charge in [0, 0.05) is 36.8 Å². The topological polar surface area (TPSA) is 106 Å². The summed E-state index contributed by atoms with van der Waals surface area (Å²) in [4.78, 5) is 45.9. The van der Waals surface area contributed by atoms with Gasteiger partial charge in [0.05, 0.1) is 35.2 Å². The Morgan fingerprint density at radius 1 is 1.06 bits per heavy atom. The van der Waals surface area contributed by atoms with Crippen LogP contribution < -0.4 is 10.6 Å². The van der Waals surface area contributed by atoms with E-state index in [1.807, 2.05) is 27.7 Å². The molecular formula is C27H29N5O4. The van der Waals surface area contributed by atoms with Crippen molar-refractivity contribution in [1.29, 1.82) is 0 Å². The maximum atomic E-state index is 13.5. The normalized spacial score (nSPS) is 21.6. The Balaban J connectivity index is 1.40. The molecule has 0 radical (unpaired) electrons. The van der Waals surface area contributed by atoms with Crippen LogP contribution >= 0.6 is 0 Å². The van der Waals surface area contributed by atoms with Gasteiger partial charge in [-0.1, -0.05) is 12.1 Å². The number of amides is 3.